The molecule has 0 aliphatic rings. The zero-order valence-electron chi connectivity index (χ0n) is 10.2. The number of carboxylic acid groups (broad SMARTS) is 1. The molecule has 0 atom stereocenters. The molecule has 0 aliphatic carbocycles. The number of benzene rings is 1. The summed E-state index contributed by atoms with van der Waals surface area (Å²) in [6, 6.07) is 8.23. The van der Waals surface area contributed by atoms with Crippen molar-refractivity contribution < 1.29 is 18.3 Å². The highest BCUT2D eigenvalue weighted by atomic mass is 32.2. The Bertz CT molecular complexity index is 714. The third kappa shape index (κ3) is 2.85. The van der Waals surface area contributed by atoms with Crippen LogP contribution in [0.1, 0.15) is 20.8 Å². The van der Waals surface area contributed by atoms with Gasteiger partial charge in [0.25, 0.3) is 0 Å². The summed E-state index contributed by atoms with van der Waals surface area (Å²) in [6.45, 7) is 1.72. The first-order chi connectivity index (χ1) is 8.92. The molecule has 19 heavy (non-hydrogen) atoms. The molecule has 0 radical (unpaired) electrons. The molecule has 0 fully saturated rings. The molecule has 0 aliphatic heterocycles. The van der Waals surface area contributed by atoms with E-state index in [1.807, 2.05) is 0 Å². The van der Waals surface area contributed by atoms with E-state index in [1.165, 1.54) is 6.07 Å². The molecule has 0 spiro atoms. The van der Waals surface area contributed by atoms with E-state index in [4.69, 9.17) is 5.11 Å². The van der Waals surface area contributed by atoms with Crippen LogP contribution < -0.4 is 0 Å². The Labute approximate surface area is 115 Å². The van der Waals surface area contributed by atoms with Crippen molar-refractivity contribution in [3.63, 3.8) is 0 Å². The molecule has 0 amide bonds. The number of hydrogen-bond donors (Lipinski definition) is 1. The van der Waals surface area contributed by atoms with Gasteiger partial charge in [-0.05, 0) is 35.6 Å². The number of aromatic carboxylic acids is 1. The fraction of sp³-hybridized carbons (Fsp3) is 0.154. The van der Waals surface area contributed by atoms with Crippen LogP contribution in [0.2, 0.25) is 0 Å². The third-order valence-corrected chi connectivity index (χ3v) is 5.48. The highest BCUT2D eigenvalue weighted by molar-refractivity contribution is 7.90. The van der Waals surface area contributed by atoms with Gasteiger partial charge in [0.2, 0.25) is 0 Å². The van der Waals surface area contributed by atoms with Crippen molar-refractivity contribution in [2.24, 2.45) is 0 Å². The van der Waals surface area contributed by atoms with Gasteiger partial charge >= 0.3 is 5.97 Å². The van der Waals surface area contributed by atoms with E-state index >= 15 is 0 Å². The highest BCUT2D eigenvalue weighted by Gasteiger charge is 2.21. The fourth-order valence-electron chi connectivity index (χ4n) is 1.82. The molecule has 100 valence electrons. The second kappa shape index (κ2) is 5.14. The quantitative estimate of drug-likeness (QED) is 0.941. The molecule has 1 aromatic carbocycles. The van der Waals surface area contributed by atoms with Gasteiger partial charge in [0.05, 0.1) is 10.6 Å². The number of sulfone groups is 1. The van der Waals surface area contributed by atoms with Crippen molar-refractivity contribution in [2.45, 2.75) is 17.6 Å². The fourth-order valence-corrected chi connectivity index (χ4v) is 4.33. The van der Waals surface area contributed by atoms with E-state index in [9.17, 15) is 13.2 Å². The molecule has 0 unspecified atom stereocenters. The van der Waals surface area contributed by atoms with Crippen LogP contribution in [0.15, 0.2) is 40.6 Å². The highest BCUT2D eigenvalue weighted by Crippen LogP contribution is 2.24. The molecule has 0 saturated heterocycles. The standard InChI is InChI=1S/C13H12O4S2/c1-9-4-2-3-5-11(9)19(16,17)8-10-6-7-18-12(10)13(14)15/h2-7H,8H2,1H3,(H,14,15). The minimum Gasteiger partial charge on any atom is -0.477 e. The Kier molecular flexibility index (Phi) is 3.73. The Balaban J connectivity index is 2.40. The van der Waals surface area contributed by atoms with Gasteiger partial charge in [0.1, 0.15) is 4.88 Å². The predicted octanol–water partition coefficient (Wildman–Crippen LogP) is 2.73. The van der Waals surface area contributed by atoms with Crippen molar-refractivity contribution in [1.29, 1.82) is 0 Å². The number of aryl methyl sites for hydroxylation is 1. The summed E-state index contributed by atoms with van der Waals surface area (Å²) in [7, 11) is -3.53. The van der Waals surface area contributed by atoms with Crippen LogP contribution in [-0.4, -0.2) is 19.5 Å². The Morgan fingerprint density at radius 2 is 1.95 bits per heavy atom. The maximum Gasteiger partial charge on any atom is 0.346 e. The van der Waals surface area contributed by atoms with Crippen molar-refractivity contribution in [1.82, 2.24) is 0 Å². The smallest absolute Gasteiger partial charge is 0.346 e. The maximum atomic E-state index is 12.3. The average molecular weight is 296 g/mol. The van der Waals surface area contributed by atoms with Gasteiger partial charge in [-0.2, -0.15) is 0 Å². The lowest BCUT2D eigenvalue weighted by Gasteiger charge is -2.07. The summed E-state index contributed by atoms with van der Waals surface area (Å²) in [5, 5.41) is 10.6. The molecule has 2 rings (SSSR count). The van der Waals surface area contributed by atoms with E-state index < -0.39 is 15.8 Å². The number of carbonyl (C=O) groups is 1. The van der Waals surface area contributed by atoms with Gasteiger partial charge in [-0.25, -0.2) is 13.2 Å². The molecule has 2 aromatic rings. The molecular formula is C13H12O4S2. The molecule has 6 heteroatoms. The first-order valence-electron chi connectivity index (χ1n) is 5.50. The third-order valence-electron chi connectivity index (χ3n) is 2.72. The van der Waals surface area contributed by atoms with Gasteiger partial charge in [-0.15, -0.1) is 11.3 Å². The summed E-state index contributed by atoms with van der Waals surface area (Å²) >= 11 is 1.03. The number of carboxylic acids is 1. The monoisotopic (exact) mass is 296 g/mol. The second-order valence-electron chi connectivity index (χ2n) is 4.10. The largest absolute Gasteiger partial charge is 0.477 e. The molecule has 4 nitrogen and oxygen atoms in total. The van der Waals surface area contributed by atoms with Gasteiger partial charge in [-0.3, -0.25) is 0 Å². The minimum absolute atomic E-state index is 0.0807. The molecule has 1 heterocycles. The number of thiophene rings is 1. The first kappa shape index (κ1) is 13.8. The summed E-state index contributed by atoms with van der Waals surface area (Å²) in [5.74, 6) is -1.38. The topological polar surface area (TPSA) is 71.4 Å². The van der Waals surface area contributed by atoms with E-state index in [0.717, 1.165) is 11.3 Å². The van der Waals surface area contributed by atoms with Crippen LogP contribution in [0.5, 0.6) is 0 Å². The Morgan fingerprint density at radius 1 is 1.26 bits per heavy atom. The molecular weight excluding hydrogens is 284 g/mol. The van der Waals surface area contributed by atoms with E-state index in [-0.39, 0.29) is 15.5 Å². The predicted molar refractivity (Wildman–Crippen MR) is 73.3 cm³/mol. The first-order valence-corrected chi connectivity index (χ1v) is 8.03. The van der Waals surface area contributed by atoms with Crippen LogP contribution >= 0.6 is 11.3 Å². The summed E-state index contributed by atoms with van der Waals surface area (Å²) < 4.78 is 24.6. The van der Waals surface area contributed by atoms with E-state index in [0.29, 0.717) is 11.1 Å². The lowest BCUT2D eigenvalue weighted by atomic mass is 10.2. The Hall–Kier alpha value is -1.66. The van der Waals surface area contributed by atoms with Crippen molar-refractivity contribution >= 4 is 27.1 Å². The normalized spacial score (nSPS) is 11.4. The summed E-state index contributed by atoms with van der Waals surface area (Å²) in [5.41, 5.74) is 0.996. The van der Waals surface area contributed by atoms with Gasteiger partial charge in [-0.1, -0.05) is 18.2 Å². The maximum absolute atomic E-state index is 12.3. The SMILES string of the molecule is Cc1ccccc1S(=O)(=O)Cc1ccsc1C(=O)O. The lowest BCUT2D eigenvalue weighted by Crippen LogP contribution is -2.08. The Morgan fingerprint density at radius 3 is 2.58 bits per heavy atom. The lowest BCUT2D eigenvalue weighted by molar-refractivity contribution is 0.0701. The minimum atomic E-state index is -3.53. The molecule has 0 bridgehead atoms. The van der Waals surface area contributed by atoms with Crippen molar-refractivity contribution in [2.75, 3.05) is 0 Å². The zero-order chi connectivity index (χ0) is 14.0. The van der Waals surface area contributed by atoms with Crippen LogP contribution in [-0.2, 0) is 15.6 Å². The molecule has 1 N–H and O–H groups in total. The van der Waals surface area contributed by atoms with Gasteiger partial charge in [0, 0.05) is 0 Å². The molecule has 0 saturated carbocycles. The van der Waals surface area contributed by atoms with Crippen LogP contribution in [0.3, 0.4) is 0 Å². The summed E-state index contributed by atoms with van der Waals surface area (Å²) in [4.78, 5) is 11.3. The second-order valence-corrected chi connectivity index (χ2v) is 6.98. The average Bonchev–Trinajstić information content (AvgIpc) is 2.76. The van der Waals surface area contributed by atoms with E-state index in [2.05, 4.69) is 0 Å². The van der Waals surface area contributed by atoms with Crippen molar-refractivity contribution in [3.05, 3.63) is 51.7 Å². The van der Waals surface area contributed by atoms with Crippen LogP contribution in [0, 0.1) is 6.92 Å². The van der Waals surface area contributed by atoms with Gasteiger partial charge < -0.3 is 5.11 Å². The number of rotatable bonds is 4. The van der Waals surface area contributed by atoms with E-state index in [1.54, 1.807) is 36.6 Å². The van der Waals surface area contributed by atoms with Crippen LogP contribution in [0.25, 0.3) is 0 Å². The summed E-state index contributed by atoms with van der Waals surface area (Å²) in [6.07, 6.45) is 0. The van der Waals surface area contributed by atoms with Crippen molar-refractivity contribution in [3.8, 4) is 0 Å². The van der Waals surface area contributed by atoms with Gasteiger partial charge in [0.15, 0.2) is 9.84 Å². The zero-order valence-corrected chi connectivity index (χ0v) is 11.8. The van der Waals surface area contributed by atoms with Crippen LogP contribution in [0.4, 0.5) is 0 Å². The molecule has 1 aromatic heterocycles. The number of hydrogen-bond acceptors (Lipinski definition) is 4.